The SMILES string of the molecule is Cc1cc(-n2ccccc2=O)ccc1NC(=O)[C@H]1CN(S(C)(=O)=O)C[C@@H]1C(=O)Nc1ccc(Cl)cc1. The molecule has 3 aromatic rings. The lowest BCUT2D eigenvalue weighted by molar-refractivity contribution is -0.127. The van der Waals surface area contributed by atoms with E-state index in [4.69, 9.17) is 11.6 Å². The molecule has 1 saturated heterocycles. The second kappa shape index (κ2) is 10.3. The molecule has 2 N–H and O–H groups in total. The quantitative estimate of drug-likeness (QED) is 0.510. The number of aromatic nitrogens is 1. The third-order valence-corrected chi connectivity index (χ3v) is 7.60. The molecule has 2 atom stereocenters. The van der Waals surface area contributed by atoms with Gasteiger partial charge >= 0.3 is 0 Å². The highest BCUT2D eigenvalue weighted by atomic mass is 35.5. The van der Waals surface area contributed by atoms with E-state index in [0.717, 1.165) is 10.6 Å². The largest absolute Gasteiger partial charge is 0.326 e. The van der Waals surface area contributed by atoms with Gasteiger partial charge in [0.2, 0.25) is 21.8 Å². The van der Waals surface area contributed by atoms with Crippen LogP contribution in [0.2, 0.25) is 5.02 Å². The maximum Gasteiger partial charge on any atom is 0.255 e. The number of carbonyl (C=O) groups excluding carboxylic acids is 2. The van der Waals surface area contributed by atoms with Gasteiger partial charge in [-0.2, -0.15) is 0 Å². The Kier molecular flexibility index (Phi) is 7.30. The molecule has 0 radical (unpaired) electrons. The van der Waals surface area contributed by atoms with Crippen LogP contribution in [-0.2, 0) is 19.6 Å². The summed E-state index contributed by atoms with van der Waals surface area (Å²) in [7, 11) is -3.61. The number of carbonyl (C=O) groups is 2. The van der Waals surface area contributed by atoms with E-state index < -0.39 is 33.7 Å². The first-order valence-electron chi connectivity index (χ1n) is 11.1. The molecule has 2 amide bonds. The van der Waals surface area contributed by atoms with E-state index >= 15 is 0 Å². The molecule has 0 aliphatic carbocycles. The Morgan fingerprint density at radius 1 is 0.944 bits per heavy atom. The Morgan fingerprint density at radius 2 is 1.58 bits per heavy atom. The van der Waals surface area contributed by atoms with Gasteiger partial charge in [-0.15, -0.1) is 0 Å². The van der Waals surface area contributed by atoms with Gasteiger partial charge in [0.15, 0.2) is 0 Å². The molecule has 0 saturated carbocycles. The first kappa shape index (κ1) is 25.6. The summed E-state index contributed by atoms with van der Waals surface area (Å²) < 4.78 is 27.0. The highest BCUT2D eigenvalue weighted by Gasteiger charge is 2.44. The Labute approximate surface area is 213 Å². The van der Waals surface area contributed by atoms with Crippen molar-refractivity contribution in [3.8, 4) is 5.69 Å². The third kappa shape index (κ3) is 5.67. The average molecular weight is 529 g/mol. The molecule has 0 unspecified atom stereocenters. The van der Waals surface area contributed by atoms with E-state index in [1.807, 2.05) is 0 Å². The van der Waals surface area contributed by atoms with E-state index in [0.29, 0.717) is 27.6 Å². The summed E-state index contributed by atoms with van der Waals surface area (Å²) in [6, 6.07) is 16.5. The van der Waals surface area contributed by atoms with Crippen LogP contribution in [0.5, 0.6) is 0 Å². The van der Waals surface area contributed by atoms with E-state index in [2.05, 4.69) is 10.6 Å². The standard InChI is InChI=1S/C25H25ClN4O5S/c1-16-13-19(30-12-4-3-5-23(30)31)10-11-22(16)28-25(33)21-15-29(36(2,34)35)14-20(21)24(32)27-18-8-6-17(26)7-9-18/h3-13,20-21H,14-15H2,1-2H3,(H,27,32)(H,28,33)/t20-,21-/m0/s1. The van der Waals surface area contributed by atoms with Crippen molar-refractivity contribution < 1.29 is 18.0 Å². The minimum atomic E-state index is -3.61. The van der Waals surface area contributed by atoms with Crippen LogP contribution in [-0.4, -0.2) is 48.4 Å². The summed E-state index contributed by atoms with van der Waals surface area (Å²) in [6.07, 6.45) is 2.70. The van der Waals surface area contributed by atoms with Crippen molar-refractivity contribution in [1.29, 1.82) is 0 Å². The number of halogens is 1. The van der Waals surface area contributed by atoms with Gasteiger partial charge in [-0.25, -0.2) is 12.7 Å². The van der Waals surface area contributed by atoms with E-state index in [1.165, 1.54) is 10.6 Å². The number of hydrogen-bond donors (Lipinski definition) is 2. The number of sulfonamides is 1. The van der Waals surface area contributed by atoms with Crippen molar-refractivity contribution in [3.63, 3.8) is 0 Å². The van der Waals surface area contributed by atoms with Crippen LogP contribution in [0.1, 0.15) is 5.56 Å². The maximum atomic E-state index is 13.3. The van der Waals surface area contributed by atoms with Crippen molar-refractivity contribution in [3.05, 3.63) is 87.8 Å². The lowest BCUT2D eigenvalue weighted by atomic mass is 9.94. The zero-order valence-corrected chi connectivity index (χ0v) is 21.2. The summed E-state index contributed by atoms with van der Waals surface area (Å²) in [6.45, 7) is 1.57. The molecule has 9 nitrogen and oxygen atoms in total. The van der Waals surface area contributed by atoms with Gasteiger partial charge in [0.1, 0.15) is 0 Å². The number of benzene rings is 2. The van der Waals surface area contributed by atoms with Crippen LogP contribution in [0.3, 0.4) is 0 Å². The van der Waals surface area contributed by atoms with Crippen LogP contribution < -0.4 is 16.2 Å². The second-order valence-corrected chi connectivity index (χ2v) is 11.1. The molecule has 1 aromatic heterocycles. The maximum absolute atomic E-state index is 13.3. The normalized spacial score (nSPS) is 18.1. The summed E-state index contributed by atoms with van der Waals surface area (Å²) in [4.78, 5) is 38.5. The summed E-state index contributed by atoms with van der Waals surface area (Å²) in [5.74, 6) is -2.72. The van der Waals surface area contributed by atoms with E-state index in [1.54, 1.807) is 67.7 Å². The van der Waals surface area contributed by atoms with Gasteiger partial charge in [0, 0.05) is 47.4 Å². The lowest BCUT2D eigenvalue weighted by Gasteiger charge is -2.19. The zero-order chi connectivity index (χ0) is 26.0. The summed E-state index contributed by atoms with van der Waals surface area (Å²) >= 11 is 5.90. The van der Waals surface area contributed by atoms with E-state index in [-0.39, 0.29) is 18.6 Å². The molecule has 1 aliphatic rings. The number of nitrogens with one attached hydrogen (secondary N) is 2. The number of nitrogens with zero attached hydrogens (tertiary/aromatic N) is 2. The van der Waals surface area contributed by atoms with Crippen LogP contribution in [0, 0.1) is 18.8 Å². The van der Waals surface area contributed by atoms with Crippen molar-refractivity contribution in [1.82, 2.24) is 8.87 Å². The molecule has 1 fully saturated rings. The number of amides is 2. The number of aryl methyl sites for hydroxylation is 1. The monoisotopic (exact) mass is 528 g/mol. The van der Waals surface area contributed by atoms with Crippen LogP contribution in [0.4, 0.5) is 11.4 Å². The first-order chi connectivity index (χ1) is 17.0. The fourth-order valence-corrected chi connectivity index (χ4v) is 5.13. The summed E-state index contributed by atoms with van der Waals surface area (Å²) in [5.41, 5.74) is 2.15. The highest BCUT2D eigenvalue weighted by Crippen LogP contribution is 2.29. The molecule has 188 valence electrons. The van der Waals surface area contributed by atoms with Gasteiger partial charge in [0.05, 0.1) is 18.1 Å². The Morgan fingerprint density at radius 3 is 2.17 bits per heavy atom. The zero-order valence-electron chi connectivity index (χ0n) is 19.6. The average Bonchev–Trinajstić information content (AvgIpc) is 3.29. The van der Waals surface area contributed by atoms with Crippen molar-refractivity contribution in [2.24, 2.45) is 11.8 Å². The van der Waals surface area contributed by atoms with Crippen LogP contribution in [0.15, 0.2) is 71.7 Å². The Balaban J connectivity index is 1.55. The first-order valence-corrected chi connectivity index (χ1v) is 13.4. The predicted molar refractivity (Wildman–Crippen MR) is 139 cm³/mol. The fourth-order valence-electron chi connectivity index (χ4n) is 4.14. The smallest absolute Gasteiger partial charge is 0.255 e. The Bertz CT molecular complexity index is 1470. The van der Waals surface area contributed by atoms with Gasteiger partial charge < -0.3 is 10.6 Å². The minimum absolute atomic E-state index is 0.106. The van der Waals surface area contributed by atoms with Gasteiger partial charge in [-0.1, -0.05) is 17.7 Å². The number of anilines is 2. The minimum Gasteiger partial charge on any atom is -0.326 e. The molecule has 1 aliphatic heterocycles. The molecule has 11 heteroatoms. The molecular formula is C25H25ClN4O5S. The Hall–Kier alpha value is -3.47. The molecule has 0 spiro atoms. The van der Waals surface area contributed by atoms with Crippen molar-refractivity contribution in [2.75, 3.05) is 30.0 Å². The second-order valence-electron chi connectivity index (χ2n) is 8.69. The lowest BCUT2D eigenvalue weighted by Crippen LogP contribution is -2.35. The number of hydrogen-bond acceptors (Lipinski definition) is 5. The van der Waals surface area contributed by atoms with Crippen LogP contribution in [0.25, 0.3) is 5.69 Å². The molecule has 0 bridgehead atoms. The third-order valence-electron chi connectivity index (χ3n) is 6.11. The van der Waals surface area contributed by atoms with Gasteiger partial charge in [-0.05, 0) is 61.0 Å². The van der Waals surface area contributed by atoms with Gasteiger partial charge in [0.25, 0.3) is 5.56 Å². The predicted octanol–water partition coefficient (Wildman–Crippen LogP) is 2.88. The fraction of sp³-hybridized carbons (Fsp3) is 0.240. The molecular weight excluding hydrogens is 504 g/mol. The molecule has 4 rings (SSSR count). The topological polar surface area (TPSA) is 118 Å². The molecule has 36 heavy (non-hydrogen) atoms. The number of rotatable bonds is 6. The molecule has 2 aromatic carbocycles. The highest BCUT2D eigenvalue weighted by molar-refractivity contribution is 7.88. The van der Waals surface area contributed by atoms with Gasteiger partial charge in [-0.3, -0.25) is 19.0 Å². The van der Waals surface area contributed by atoms with Crippen molar-refractivity contribution in [2.45, 2.75) is 6.92 Å². The van der Waals surface area contributed by atoms with Crippen LogP contribution >= 0.6 is 11.6 Å². The molecule has 2 heterocycles. The van der Waals surface area contributed by atoms with Crippen molar-refractivity contribution >= 4 is 44.8 Å². The van der Waals surface area contributed by atoms with E-state index in [9.17, 15) is 22.8 Å². The summed E-state index contributed by atoms with van der Waals surface area (Å²) in [5, 5.41) is 6.08. The number of pyridine rings is 1.